The molecule has 0 spiro atoms. The van der Waals surface area contributed by atoms with Crippen LogP contribution in [0.2, 0.25) is 0 Å². The summed E-state index contributed by atoms with van der Waals surface area (Å²) in [5, 5.41) is 0.984. The fraction of sp³-hybridized carbons (Fsp3) is 0.440. The van der Waals surface area contributed by atoms with Crippen molar-refractivity contribution < 1.29 is 13.9 Å². The van der Waals surface area contributed by atoms with Gasteiger partial charge in [0, 0.05) is 45.0 Å². The summed E-state index contributed by atoms with van der Waals surface area (Å²) >= 11 is 1.67. The van der Waals surface area contributed by atoms with Gasteiger partial charge in [0.05, 0.1) is 22.7 Å². The highest BCUT2D eigenvalue weighted by atomic mass is 32.1. The van der Waals surface area contributed by atoms with Gasteiger partial charge in [-0.3, -0.25) is 4.79 Å². The van der Waals surface area contributed by atoms with Crippen LogP contribution in [0.3, 0.4) is 0 Å². The smallest absolute Gasteiger partial charge is 0.227 e. The molecule has 0 bridgehead atoms. The number of anilines is 2. The molecule has 1 amide bonds. The minimum absolute atomic E-state index is 0.00196. The normalized spacial score (nSPS) is 19.2. The van der Waals surface area contributed by atoms with E-state index in [4.69, 9.17) is 9.72 Å². The maximum absolute atomic E-state index is 13.3. The predicted octanol–water partition coefficient (Wildman–Crippen LogP) is 4.40. The zero-order valence-electron chi connectivity index (χ0n) is 18.9. The minimum atomic E-state index is -0.225. The quantitative estimate of drug-likeness (QED) is 0.556. The molecule has 2 aliphatic heterocycles. The summed E-state index contributed by atoms with van der Waals surface area (Å²) in [6.07, 6.45) is 1.92. The van der Waals surface area contributed by atoms with Crippen molar-refractivity contribution in [3.05, 3.63) is 48.3 Å². The van der Waals surface area contributed by atoms with Crippen LogP contribution in [-0.4, -0.2) is 61.7 Å². The minimum Gasteiger partial charge on any atom is -0.494 e. The molecule has 5 rings (SSSR count). The summed E-state index contributed by atoms with van der Waals surface area (Å²) in [6, 6.07) is 12.6. The van der Waals surface area contributed by atoms with Crippen LogP contribution in [-0.2, 0) is 4.79 Å². The summed E-state index contributed by atoms with van der Waals surface area (Å²) in [5.41, 5.74) is 1.99. The Kier molecular flexibility index (Phi) is 6.35. The van der Waals surface area contributed by atoms with Gasteiger partial charge in [-0.05, 0) is 62.2 Å². The number of benzene rings is 2. The van der Waals surface area contributed by atoms with Gasteiger partial charge in [-0.2, -0.15) is 0 Å². The molecule has 8 heteroatoms. The lowest BCUT2D eigenvalue weighted by atomic mass is 9.96. The van der Waals surface area contributed by atoms with E-state index < -0.39 is 0 Å². The van der Waals surface area contributed by atoms with E-state index in [9.17, 15) is 9.18 Å². The van der Waals surface area contributed by atoms with E-state index in [1.54, 1.807) is 23.5 Å². The molecule has 0 N–H and O–H groups in total. The molecule has 1 aromatic heterocycles. The molecule has 2 aromatic carbocycles. The average Bonchev–Trinajstić information content (AvgIpc) is 3.28. The molecule has 3 aromatic rings. The van der Waals surface area contributed by atoms with E-state index >= 15 is 0 Å². The first kappa shape index (κ1) is 21.9. The number of amides is 1. The number of fused-ring (bicyclic) bond motifs is 1. The number of hydrogen-bond acceptors (Lipinski definition) is 6. The lowest BCUT2D eigenvalue weighted by molar-refractivity contribution is -0.136. The standard InChI is InChI=1S/C25H29FN4O2S/c1-2-32-21-9-10-22-23(16-21)33-25(27-22)30-11-3-4-18(17-30)24(31)29-14-12-28(13-15-29)20-7-5-19(26)6-8-20/h5-10,16,18H,2-4,11-15,17H2,1H3/t18-/m1/s1. The van der Waals surface area contributed by atoms with Crippen LogP contribution in [0.15, 0.2) is 42.5 Å². The van der Waals surface area contributed by atoms with Gasteiger partial charge >= 0.3 is 0 Å². The maximum Gasteiger partial charge on any atom is 0.227 e. The number of thiazole rings is 1. The van der Waals surface area contributed by atoms with Gasteiger partial charge in [0.2, 0.25) is 5.91 Å². The molecule has 2 aliphatic rings. The topological polar surface area (TPSA) is 48.9 Å². The SMILES string of the molecule is CCOc1ccc2nc(N3CCC[C@@H](C(=O)N4CCN(c5ccc(F)cc5)CC4)C3)sc2c1. The largest absolute Gasteiger partial charge is 0.494 e. The Hall–Kier alpha value is -2.87. The van der Waals surface area contributed by atoms with Crippen LogP contribution in [0, 0.1) is 11.7 Å². The van der Waals surface area contributed by atoms with E-state index in [-0.39, 0.29) is 17.6 Å². The highest BCUT2D eigenvalue weighted by Crippen LogP contribution is 2.34. The molecule has 0 unspecified atom stereocenters. The molecule has 2 fully saturated rings. The average molecular weight is 469 g/mol. The Morgan fingerprint density at radius 2 is 1.88 bits per heavy atom. The Labute approximate surface area is 197 Å². The first-order chi connectivity index (χ1) is 16.1. The maximum atomic E-state index is 13.3. The number of halogens is 1. The molecule has 3 heterocycles. The summed E-state index contributed by atoms with van der Waals surface area (Å²) in [6.45, 7) is 7.22. The van der Waals surface area contributed by atoms with Crippen LogP contribution in [0.5, 0.6) is 5.75 Å². The molecule has 2 saturated heterocycles. The van der Waals surface area contributed by atoms with Crippen molar-refractivity contribution in [1.29, 1.82) is 0 Å². The molecular weight excluding hydrogens is 439 g/mol. The number of carbonyl (C=O) groups excluding carboxylic acids is 1. The lowest BCUT2D eigenvalue weighted by Gasteiger charge is -2.39. The van der Waals surface area contributed by atoms with E-state index in [0.717, 1.165) is 65.8 Å². The van der Waals surface area contributed by atoms with Crippen molar-refractivity contribution in [2.75, 3.05) is 55.7 Å². The number of rotatable bonds is 5. The van der Waals surface area contributed by atoms with Crippen molar-refractivity contribution in [3.8, 4) is 5.75 Å². The molecular formula is C25H29FN4O2S. The second-order valence-electron chi connectivity index (χ2n) is 8.63. The van der Waals surface area contributed by atoms with Crippen molar-refractivity contribution in [3.63, 3.8) is 0 Å². The molecule has 6 nitrogen and oxygen atoms in total. The van der Waals surface area contributed by atoms with Gasteiger partial charge in [-0.25, -0.2) is 9.37 Å². The number of piperidine rings is 1. The number of piperazine rings is 1. The molecule has 1 atom stereocenters. The highest BCUT2D eigenvalue weighted by molar-refractivity contribution is 7.22. The van der Waals surface area contributed by atoms with Gasteiger partial charge in [0.25, 0.3) is 0 Å². The van der Waals surface area contributed by atoms with Crippen molar-refractivity contribution in [1.82, 2.24) is 9.88 Å². The molecule has 174 valence electrons. The van der Waals surface area contributed by atoms with Crippen molar-refractivity contribution in [2.45, 2.75) is 19.8 Å². The molecule has 0 saturated carbocycles. The Bertz CT molecular complexity index is 1110. The predicted molar refractivity (Wildman–Crippen MR) is 131 cm³/mol. The van der Waals surface area contributed by atoms with Crippen LogP contribution in [0.4, 0.5) is 15.2 Å². The third-order valence-electron chi connectivity index (χ3n) is 6.48. The van der Waals surface area contributed by atoms with Crippen LogP contribution in [0.25, 0.3) is 10.2 Å². The van der Waals surface area contributed by atoms with Gasteiger partial charge in [0.1, 0.15) is 11.6 Å². The Balaban J connectivity index is 1.21. The number of aromatic nitrogens is 1. The second-order valence-corrected chi connectivity index (χ2v) is 9.64. The van der Waals surface area contributed by atoms with E-state index in [1.807, 2.05) is 30.0 Å². The zero-order chi connectivity index (χ0) is 22.8. The molecule has 0 radical (unpaired) electrons. The van der Waals surface area contributed by atoms with Crippen LogP contribution >= 0.6 is 11.3 Å². The third kappa shape index (κ3) is 4.76. The fourth-order valence-electron chi connectivity index (χ4n) is 4.73. The Morgan fingerprint density at radius 1 is 1.09 bits per heavy atom. The zero-order valence-corrected chi connectivity index (χ0v) is 19.7. The first-order valence-corrected chi connectivity index (χ1v) is 12.5. The van der Waals surface area contributed by atoms with Gasteiger partial charge in [-0.1, -0.05) is 11.3 Å². The summed E-state index contributed by atoms with van der Waals surface area (Å²) in [4.78, 5) is 24.6. The van der Waals surface area contributed by atoms with E-state index in [0.29, 0.717) is 19.7 Å². The Morgan fingerprint density at radius 3 is 2.64 bits per heavy atom. The summed E-state index contributed by atoms with van der Waals surface area (Å²) in [5.74, 6) is 0.893. The van der Waals surface area contributed by atoms with Crippen molar-refractivity contribution >= 4 is 38.3 Å². The highest BCUT2D eigenvalue weighted by Gasteiger charge is 2.32. The van der Waals surface area contributed by atoms with E-state index in [1.165, 1.54) is 12.1 Å². The number of nitrogens with zero attached hydrogens (tertiary/aromatic N) is 4. The van der Waals surface area contributed by atoms with Crippen LogP contribution in [0.1, 0.15) is 19.8 Å². The van der Waals surface area contributed by atoms with Crippen LogP contribution < -0.4 is 14.5 Å². The van der Waals surface area contributed by atoms with Gasteiger partial charge in [0.15, 0.2) is 5.13 Å². The lowest BCUT2D eigenvalue weighted by Crippen LogP contribution is -2.52. The first-order valence-electron chi connectivity index (χ1n) is 11.7. The monoisotopic (exact) mass is 468 g/mol. The second kappa shape index (κ2) is 9.55. The number of carbonyl (C=O) groups is 1. The third-order valence-corrected chi connectivity index (χ3v) is 7.56. The van der Waals surface area contributed by atoms with E-state index in [2.05, 4.69) is 9.80 Å². The van der Waals surface area contributed by atoms with Crippen molar-refractivity contribution in [2.24, 2.45) is 5.92 Å². The number of hydrogen-bond donors (Lipinski definition) is 0. The van der Waals surface area contributed by atoms with Gasteiger partial charge < -0.3 is 19.4 Å². The molecule has 33 heavy (non-hydrogen) atoms. The number of ether oxygens (including phenoxy) is 1. The fourth-order valence-corrected chi connectivity index (χ4v) is 5.76. The van der Waals surface area contributed by atoms with Gasteiger partial charge in [-0.15, -0.1) is 0 Å². The summed E-state index contributed by atoms with van der Waals surface area (Å²) < 4.78 is 19.9. The molecule has 0 aliphatic carbocycles. The summed E-state index contributed by atoms with van der Waals surface area (Å²) in [7, 11) is 0.